The van der Waals surface area contributed by atoms with Gasteiger partial charge in [0.2, 0.25) is 5.91 Å². The summed E-state index contributed by atoms with van der Waals surface area (Å²) < 4.78 is 0. The van der Waals surface area contributed by atoms with Crippen molar-refractivity contribution >= 4 is 17.7 Å². The molecule has 0 aromatic heterocycles. The first kappa shape index (κ1) is 17.8. The zero-order valence-electron chi connectivity index (χ0n) is 13.5. The first-order valence-electron chi connectivity index (χ1n) is 8.05. The predicted octanol–water partition coefficient (Wildman–Crippen LogP) is 3.65. The lowest BCUT2D eigenvalue weighted by Gasteiger charge is -2.20. The summed E-state index contributed by atoms with van der Waals surface area (Å²) in [6.45, 7) is 9.43. The summed E-state index contributed by atoms with van der Waals surface area (Å²) in [6.07, 6.45) is 6.01. The molecule has 1 amide bonds. The SMILES string of the molecule is CC(C)CCCCCCN1C(=O)C(SC(C)C)CC1O. The molecule has 0 saturated carbocycles. The quantitative estimate of drug-likeness (QED) is 0.661. The molecule has 1 N–H and O–H groups in total. The van der Waals surface area contributed by atoms with E-state index >= 15 is 0 Å². The first-order valence-corrected chi connectivity index (χ1v) is 9.00. The van der Waals surface area contributed by atoms with Gasteiger partial charge in [-0.1, -0.05) is 53.4 Å². The Morgan fingerprint density at radius 1 is 1.20 bits per heavy atom. The Labute approximate surface area is 128 Å². The van der Waals surface area contributed by atoms with Gasteiger partial charge in [-0.2, -0.15) is 0 Å². The zero-order valence-corrected chi connectivity index (χ0v) is 14.3. The van der Waals surface area contributed by atoms with E-state index < -0.39 is 6.23 Å². The molecule has 1 fully saturated rings. The van der Waals surface area contributed by atoms with Crippen LogP contribution in [0.3, 0.4) is 0 Å². The highest BCUT2D eigenvalue weighted by Gasteiger charge is 2.38. The zero-order chi connectivity index (χ0) is 15.1. The lowest BCUT2D eigenvalue weighted by atomic mass is 10.0. The van der Waals surface area contributed by atoms with Crippen LogP contribution in [0.5, 0.6) is 0 Å². The highest BCUT2D eigenvalue weighted by atomic mass is 32.2. The van der Waals surface area contributed by atoms with Crippen molar-refractivity contribution in [2.45, 2.75) is 82.9 Å². The molecule has 1 saturated heterocycles. The van der Waals surface area contributed by atoms with Crippen LogP contribution in [0.2, 0.25) is 0 Å². The Morgan fingerprint density at radius 2 is 1.85 bits per heavy atom. The van der Waals surface area contributed by atoms with Gasteiger partial charge in [-0.05, 0) is 17.6 Å². The van der Waals surface area contributed by atoms with E-state index in [-0.39, 0.29) is 11.2 Å². The van der Waals surface area contributed by atoms with Crippen molar-refractivity contribution in [3.63, 3.8) is 0 Å². The second-order valence-corrected chi connectivity index (χ2v) is 8.30. The number of rotatable bonds is 9. The number of likely N-dealkylation sites (tertiary alicyclic amines) is 1. The largest absolute Gasteiger partial charge is 0.373 e. The van der Waals surface area contributed by atoms with E-state index in [0.717, 1.165) is 25.3 Å². The molecule has 4 heteroatoms. The van der Waals surface area contributed by atoms with Gasteiger partial charge >= 0.3 is 0 Å². The summed E-state index contributed by atoms with van der Waals surface area (Å²) in [7, 11) is 0. The molecule has 0 aliphatic carbocycles. The normalized spacial score (nSPS) is 23.4. The smallest absolute Gasteiger partial charge is 0.237 e. The van der Waals surface area contributed by atoms with E-state index in [4.69, 9.17) is 0 Å². The van der Waals surface area contributed by atoms with Crippen LogP contribution >= 0.6 is 11.8 Å². The van der Waals surface area contributed by atoms with Gasteiger partial charge in [-0.25, -0.2) is 0 Å². The maximum atomic E-state index is 12.2. The van der Waals surface area contributed by atoms with Crippen LogP contribution in [0.15, 0.2) is 0 Å². The van der Waals surface area contributed by atoms with Crippen LogP contribution in [0.4, 0.5) is 0 Å². The van der Waals surface area contributed by atoms with Crippen molar-refractivity contribution in [2.24, 2.45) is 5.92 Å². The maximum Gasteiger partial charge on any atom is 0.237 e. The second kappa shape index (κ2) is 8.93. The summed E-state index contributed by atoms with van der Waals surface area (Å²) in [5.74, 6) is 0.921. The summed E-state index contributed by atoms with van der Waals surface area (Å²) in [6, 6.07) is 0. The number of thioether (sulfide) groups is 1. The minimum Gasteiger partial charge on any atom is -0.373 e. The van der Waals surface area contributed by atoms with Crippen molar-refractivity contribution in [1.82, 2.24) is 4.90 Å². The fourth-order valence-electron chi connectivity index (χ4n) is 2.64. The number of carbonyl (C=O) groups excluding carboxylic acids is 1. The van der Waals surface area contributed by atoms with Crippen molar-refractivity contribution in [3.05, 3.63) is 0 Å². The van der Waals surface area contributed by atoms with Gasteiger partial charge in [0, 0.05) is 13.0 Å². The topological polar surface area (TPSA) is 40.5 Å². The van der Waals surface area contributed by atoms with E-state index in [0.29, 0.717) is 11.7 Å². The van der Waals surface area contributed by atoms with Crippen LogP contribution in [0.1, 0.15) is 66.2 Å². The summed E-state index contributed by atoms with van der Waals surface area (Å²) >= 11 is 1.68. The molecule has 1 aliphatic heterocycles. The van der Waals surface area contributed by atoms with Gasteiger partial charge in [-0.15, -0.1) is 11.8 Å². The van der Waals surface area contributed by atoms with E-state index in [1.807, 2.05) is 0 Å². The average Bonchev–Trinajstić information content (AvgIpc) is 2.59. The van der Waals surface area contributed by atoms with E-state index in [1.165, 1.54) is 19.3 Å². The number of hydrogen-bond donors (Lipinski definition) is 1. The van der Waals surface area contributed by atoms with E-state index in [1.54, 1.807) is 16.7 Å². The molecule has 1 rings (SSSR count). The second-order valence-electron chi connectivity index (χ2n) is 6.52. The third-order valence-corrected chi connectivity index (χ3v) is 4.98. The van der Waals surface area contributed by atoms with Crippen LogP contribution in [0, 0.1) is 5.92 Å². The lowest BCUT2D eigenvalue weighted by molar-refractivity contribution is -0.132. The van der Waals surface area contributed by atoms with E-state index in [9.17, 15) is 9.90 Å². The maximum absolute atomic E-state index is 12.2. The molecule has 2 atom stereocenters. The third-order valence-electron chi connectivity index (χ3n) is 3.71. The number of aliphatic hydroxyl groups excluding tert-OH is 1. The minimum atomic E-state index is -0.561. The number of hydrogen-bond acceptors (Lipinski definition) is 3. The van der Waals surface area contributed by atoms with Gasteiger partial charge in [-0.3, -0.25) is 4.79 Å². The number of unbranched alkanes of at least 4 members (excludes halogenated alkanes) is 3. The molecule has 1 aliphatic rings. The molecule has 20 heavy (non-hydrogen) atoms. The van der Waals surface area contributed by atoms with Gasteiger partial charge in [0.1, 0.15) is 6.23 Å². The van der Waals surface area contributed by atoms with Gasteiger partial charge in [0.15, 0.2) is 0 Å². The van der Waals surface area contributed by atoms with Crippen molar-refractivity contribution in [2.75, 3.05) is 6.54 Å². The molecule has 3 nitrogen and oxygen atoms in total. The highest BCUT2D eigenvalue weighted by Crippen LogP contribution is 2.30. The Morgan fingerprint density at radius 3 is 2.45 bits per heavy atom. The Balaban J connectivity index is 2.21. The molecule has 0 aromatic rings. The number of aliphatic hydroxyl groups is 1. The molecule has 0 spiro atoms. The van der Waals surface area contributed by atoms with E-state index in [2.05, 4.69) is 27.7 Å². The van der Waals surface area contributed by atoms with Crippen LogP contribution in [-0.2, 0) is 4.79 Å². The first-order chi connectivity index (χ1) is 9.41. The molecule has 0 radical (unpaired) electrons. The van der Waals surface area contributed by atoms with Crippen molar-refractivity contribution < 1.29 is 9.90 Å². The summed E-state index contributed by atoms with van der Waals surface area (Å²) in [5, 5.41) is 10.4. The summed E-state index contributed by atoms with van der Waals surface area (Å²) in [5.41, 5.74) is 0. The number of amides is 1. The standard InChI is InChI=1S/C16H31NO2S/c1-12(2)9-7-5-6-8-10-17-15(18)11-14(16(17)19)20-13(3)4/h12-15,18H,5-11H2,1-4H3. The van der Waals surface area contributed by atoms with Gasteiger partial charge in [0.25, 0.3) is 0 Å². The van der Waals surface area contributed by atoms with Crippen LogP contribution in [-0.4, -0.2) is 39.2 Å². The Kier molecular flexibility index (Phi) is 7.96. The molecule has 118 valence electrons. The van der Waals surface area contributed by atoms with Crippen LogP contribution in [0.25, 0.3) is 0 Å². The fourth-order valence-corrected chi connectivity index (χ4v) is 3.83. The third kappa shape index (κ3) is 6.04. The summed E-state index contributed by atoms with van der Waals surface area (Å²) in [4.78, 5) is 13.9. The van der Waals surface area contributed by atoms with Crippen molar-refractivity contribution in [1.29, 1.82) is 0 Å². The van der Waals surface area contributed by atoms with Crippen molar-refractivity contribution in [3.8, 4) is 0 Å². The molecule has 2 unspecified atom stereocenters. The number of carbonyl (C=O) groups is 1. The lowest BCUT2D eigenvalue weighted by Crippen LogP contribution is -2.35. The average molecular weight is 301 g/mol. The monoisotopic (exact) mass is 301 g/mol. The molecule has 0 aromatic carbocycles. The minimum absolute atomic E-state index is 0.0362. The molecular weight excluding hydrogens is 270 g/mol. The molecule has 1 heterocycles. The number of nitrogens with zero attached hydrogens (tertiary/aromatic N) is 1. The Bertz CT molecular complexity index is 294. The van der Waals surface area contributed by atoms with Crippen LogP contribution < -0.4 is 0 Å². The Hall–Kier alpha value is -0.220. The molecular formula is C16H31NO2S. The molecule has 0 bridgehead atoms. The highest BCUT2D eigenvalue weighted by molar-refractivity contribution is 8.01. The van der Waals surface area contributed by atoms with Gasteiger partial charge in [0.05, 0.1) is 5.25 Å². The van der Waals surface area contributed by atoms with Gasteiger partial charge < -0.3 is 10.0 Å². The fraction of sp³-hybridized carbons (Fsp3) is 0.938. The predicted molar refractivity (Wildman–Crippen MR) is 86.8 cm³/mol.